The maximum Gasteiger partial charge on any atom is 0.0727 e. The minimum Gasteiger partial charge on any atom is -0.399 e. The predicted molar refractivity (Wildman–Crippen MR) is 75.0 cm³/mol. The van der Waals surface area contributed by atoms with Crippen molar-refractivity contribution in [1.29, 1.82) is 0 Å². The van der Waals surface area contributed by atoms with Crippen LogP contribution in [-0.2, 0) is 24.4 Å². The number of benzene rings is 2. The molecule has 2 aromatic carbocycles. The summed E-state index contributed by atoms with van der Waals surface area (Å²) in [4.78, 5) is 0. The molecule has 2 nitrogen and oxygen atoms in total. The largest absolute Gasteiger partial charge is 0.399 e. The Balaban J connectivity index is 2.47. The van der Waals surface area contributed by atoms with Crippen molar-refractivity contribution in [1.82, 2.24) is 0 Å². The van der Waals surface area contributed by atoms with Gasteiger partial charge in [0.2, 0.25) is 0 Å². The zero-order valence-electron chi connectivity index (χ0n) is 10.6. The fraction of sp³-hybridized carbons (Fsp3) is 0.250. The molecular weight excluding hydrogens is 222 g/mol. The third kappa shape index (κ3) is 1.53. The van der Waals surface area contributed by atoms with Crippen LogP contribution in [0.4, 0.5) is 0 Å². The average molecular weight is 239 g/mol. The lowest BCUT2D eigenvalue weighted by atomic mass is 9.89. The van der Waals surface area contributed by atoms with E-state index in [4.69, 9.17) is 10.5 Å². The van der Waals surface area contributed by atoms with E-state index in [1.807, 2.05) is 0 Å². The Morgan fingerprint density at radius 3 is 2.83 bits per heavy atom. The monoisotopic (exact) mass is 239 g/mol. The molecule has 0 atom stereocenters. The van der Waals surface area contributed by atoms with Gasteiger partial charge in [0.05, 0.1) is 13.2 Å². The lowest BCUT2D eigenvalue weighted by Gasteiger charge is -2.22. The zero-order chi connectivity index (χ0) is 12.7. The highest BCUT2D eigenvalue weighted by molar-refractivity contribution is 5.98. The first-order valence-corrected chi connectivity index (χ1v) is 6.31. The van der Waals surface area contributed by atoms with E-state index < -0.39 is 0 Å². The lowest BCUT2D eigenvalue weighted by Crippen LogP contribution is -2.08. The first-order chi connectivity index (χ1) is 8.72. The van der Waals surface area contributed by atoms with Gasteiger partial charge in [-0.15, -0.1) is 0 Å². The lowest BCUT2D eigenvalue weighted by molar-refractivity contribution is 0.103. The highest BCUT2D eigenvalue weighted by atomic mass is 16.5. The van der Waals surface area contributed by atoms with E-state index in [0.717, 1.165) is 12.0 Å². The minimum atomic E-state index is 0.655. The standard InChI is InChI=1S/C16H17NO/c1-3-11-7-13-9-18-8-12-5-4-6-14(16(12)13)15(11)10(2)17/h4-7H,2-3,8-9,17H2,1H3. The van der Waals surface area contributed by atoms with Crippen LogP contribution >= 0.6 is 0 Å². The Bertz CT molecular complexity index is 643. The van der Waals surface area contributed by atoms with Gasteiger partial charge >= 0.3 is 0 Å². The van der Waals surface area contributed by atoms with Crippen LogP contribution in [-0.4, -0.2) is 0 Å². The fourth-order valence-electron chi connectivity index (χ4n) is 2.88. The maximum atomic E-state index is 5.99. The second-order valence-electron chi connectivity index (χ2n) is 4.78. The molecule has 0 aromatic heterocycles. The fourth-order valence-corrected chi connectivity index (χ4v) is 2.88. The molecular formula is C16H17NO. The SMILES string of the molecule is C=C(N)c1c(CC)cc2c3c(cccc13)COC2. The molecule has 0 saturated carbocycles. The predicted octanol–water partition coefficient (Wildman–Crippen LogP) is 3.36. The summed E-state index contributed by atoms with van der Waals surface area (Å²) in [7, 11) is 0. The molecule has 1 aliphatic heterocycles. The molecule has 1 aliphatic rings. The van der Waals surface area contributed by atoms with Crippen molar-refractivity contribution in [3.63, 3.8) is 0 Å². The molecule has 92 valence electrons. The molecule has 2 heteroatoms. The second kappa shape index (κ2) is 4.14. The Morgan fingerprint density at radius 2 is 2.11 bits per heavy atom. The number of hydrogen-bond donors (Lipinski definition) is 1. The zero-order valence-corrected chi connectivity index (χ0v) is 10.6. The normalized spacial score (nSPS) is 13.8. The van der Waals surface area contributed by atoms with E-state index in [9.17, 15) is 0 Å². The number of rotatable bonds is 2. The van der Waals surface area contributed by atoms with Gasteiger partial charge < -0.3 is 10.5 Å². The Labute approximate surface area is 107 Å². The molecule has 0 radical (unpaired) electrons. The first-order valence-electron chi connectivity index (χ1n) is 6.31. The average Bonchev–Trinajstić information content (AvgIpc) is 2.38. The van der Waals surface area contributed by atoms with Gasteiger partial charge in [-0.2, -0.15) is 0 Å². The number of ether oxygens (including phenoxy) is 1. The third-order valence-corrected chi connectivity index (χ3v) is 3.63. The molecule has 0 saturated heterocycles. The van der Waals surface area contributed by atoms with E-state index in [2.05, 4.69) is 37.8 Å². The third-order valence-electron chi connectivity index (χ3n) is 3.63. The van der Waals surface area contributed by atoms with Gasteiger partial charge in [0.15, 0.2) is 0 Å². The van der Waals surface area contributed by atoms with Gasteiger partial charge in [0.25, 0.3) is 0 Å². The molecule has 2 N–H and O–H groups in total. The van der Waals surface area contributed by atoms with Gasteiger partial charge in [-0.25, -0.2) is 0 Å². The summed E-state index contributed by atoms with van der Waals surface area (Å²) >= 11 is 0. The van der Waals surface area contributed by atoms with Gasteiger partial charge in [-0.3, -0.25) is 0 Å². The molecule has 2 aromatic rings. The van der Waals surface area contributed by atoms with Crippen molar-refractivity contribution >= 4 is 16.5 Å². The molecule has 18 heavy (non-hydrogen) atoms. The molecule has 0 amide bonds. The van der Waals surface area contributed by atoms with Crippen LogP contribution in [0.3, 0.4) is 0 Å². The summed E-state index contributed by atoms with van der Waals surface area (Å²) in [5.74, 6) is 0. The van der Waals surface area contributed by atoms with E-state index in [0.29, 0.717) is 18.9 Å². The Hall–Kier alpha value is -1.80. The summed E-state index contributed by atoms with van der Waals surface area (Å²) in [5.41, 5.74) is 11.5. The van der Waals surface area contributed by atoms with Crippen LogP contribution in [0.1, 0.15) is 29.2 Å². The van der Waals surface area contributed by atoms with E-state index in [1.54, 1.807) is 0 Å². The van der Waals surface area contributed by atoms with Crippen LogP contribution in [0.15, 0.2) is 30.8 Å². The summed E-state index contributed by atoms with van der Waals surface area (Å²) in [6.07, 6.45) is 0.957. The van der Waals surface area contributed by atoms with Crippen molar-refractivity contribution in [3.8, 4) is 0 Å². The van der Waals surface area contributed by atoms with Gasteiger partial charge in [-0.05, 0) is 33.9 Å². The van der Waals surface area contributed by atoms with Gasteiger partial charge in [0, 0.05) is 11.3 Å². The molecule has 0 unspecified atom stereocenters. The summed E-state index contributed by atoms with van der Waals surface area (Å²) in [6.45, 7) is 7.46. The highest BCUT2D eigenvalue weighted by Crippen LogP contribution is 2.34. The molecule has 1 heterocycles. The number of nitrogens with two attached hydrogens (primary N) is 1. The quantitative estimate of drug-likeness (QED) is 0.872. The highest BCUT2D eigenvalue weighted by Gasteiger charge is 2.17. The van der Waals surface area contributed by atoms with E-state index in [-0.39, 0.29) is 0 Å². The molecule has 0 aliphatic carbocycles. The first kappa shape index (κ1) is 11.3. The van der Waals surface area contributed by atoms with Crippen molar-refractivity contribution in [2.75, 3.05) is 0 Å². The van der Waals surface area contributed by atoms with Crippen LogP contribution in [0.2, 0.25) is 0 Å². The topological polar surface area (TPSA) is 35.2 Å². The van der Waals surface area contributed by atoms with Crippen LogP contribution in [0.5, 0.6) is 0 Å². The van der Waals surface area contributed by atoms with Crippen LogP contribution in [0.25, 0.3) is 16.5 Å². The molecule has 0 spiro atoms. The van der Waals surface area contributed by atoms with Crippen molar-refractivity contribution < 1.29 is 4.74 Å². The van der Waals surface area contributed by atoms with Crippen molar-refractivity contribution in [2.24, 2.45) is 5.73 Å². The molecule has 0 bridgehead atoms. The summed E-state index contributed by atoms with van der Waals surface area (Å²) in [6, 6.07) is 8.56. The van der Waals surface area contributed by atoms with Crippen LogP contribution in [0, 0.1) is 0 Å². The van der Waals surface area contributed by atoms with Gasteiger partial charge in [-0.1, -0.05) is 37.8 Å². The Morgan fingerprint density at radius 1 is 1.33 bits per heavy atom. The maximum absolute atomic E-state index is 5.99. The molecule has 3 rings (SSSR count). The van der Waals surface area contributed by atoms with Crippen LogP contribution < -0.4 is 5.73 Å². The van der Waals surface area contributed by atoms with Crippen molar-refractivity contribution in [2.45, 2.75) is 26.6 Å². The van der Waals surface area contributed by atoms with E-state index in [1.165, 1.54) is 27.5 Å². The smallest absolute Gasteiger partial charge is 0.0727 e. The number of aryl methyl sites for hydroxylation is 1. The molecule has 0 fully saturated rings. The minimum absolute atomic E-state index is 0.655. The number of hydrogen-bond acceptors (Lipinski definition) is 2. The Kier molecular flexibility index (Phi) is 2.60. The second-order valence-corrected chi connectivity index (χ2v) is 4.78. The summed E-state index contributed by atoms with van der Waals surface area (Å²) in [5, 5.41) is 2.53. The van der Waals surface area contributed by atoms with Crippen molar-refractivity contribution in [3.05, 3.63) is 53.1 Å². The van der Waals surface area contributed by atoms with Gasteiger partial charge in [0.1, 0.15) is 0 Å². The summed E-state index contributed by atoms with van der Waals surface area (Å²) < 4.78 is 5.63. The van der Waals surface area contributed by atoms with E-state index >= 15 is 0 Å².